The molecule has 0 atom stereocenters. The first-order valence-corrected chi connectivity index (χ1v) is 7.20. The number of methoxy groups -OCH3 is 1. The number of benzene rings is 1. The van der Waals surface area contributed by atoms with Crippen molar-refractivity contribution in [2.24, 2.45) is 0 Å². The van der Waals surface area contributed by atoms with Gasteiger partial charge in [-0.25, -0.2) is 14.8 Å². The van der Waals surface area contributed by atoms with E-state index in [0.717, 1.165) is 31.5 Å². The fraction of sp³-hybridized carbons (Fsp3) is 0.312. The number of rotatable bonds is 4. The fourth-order valence-electron chi connectivity index (χ4n) is 2.60. The molecule has 1 fully saturated rings. The fourth-order valence-corrected chi connectivity index (χ4v) is 2.60. The van der Waals surface area contributed by atoms with Gasteiger partial charge in [0.1, 0.15) is 5.75 Å². The highest BCUT2D eigenvalue weighted by Crippen LogP contribution is 2.30. The second-order valence-electron chi connectivity index (χ2n) is 5.14. The average molecular weight is 299 g/mol. The zero-order chi connectivity index (χ0) is 15.5. The van der Waals surface area contributed by atoms with Crippen molar-refractivity contribution in [2.75, 3.05) is 25.1 Å². The van der Waals surface area contributed by atoms with E-state index in [9.17, 15) is 9.90 Å². The Morgan fingerprint density at radius 1 is 1.23 bits per heavy atom. The van der Waals surface area contributed by atoms with Gasteiger partial charge < -0.3 is 14.7 Å². The third-order valence-electron chi connectivity index (χ3n) is 3.71. The summed E-state index contributed by atoms with van der Waals surface area (Å²) in [5.41, 5.74) is 1.32. The Balaban J connectivity index is 2.11. The monoisotopic (exact) mass is 299 g/mol. The van der Waals surface area contributed by atoms with E-state index in [2.05, 4.69) is 9.97 Å². The maximum atomic E-state index is 11.4. The zero-order valence-corrected chi connectivity index (χ0v) is 12.3. The first-order valence-electron chi connectivity index (χ1n) is 7.20. The summed E-state index contributed by atoms with van der Waals surface area (Å²) in [6.45, 7) is 1.71. The van der Waals surface area contributed by atoms with Crippen LogP contribution >= 0.6 is 0 Å². The number of carbonyl (C=O) groups is 1. The van der Waals surface area contributed by atoms with E-state index in [0.29, 0.717) is 17.4 Å². The molecule has 0 saturated carbocycles. The van der Waals surface area contributed by atoms with Gasteiger partial charge in [-0.1, -0.05) is 12.1 Å². The number of hydrogen-bond donors (Lipinski definition) is 1. The Morgan fingerprint density at radius 2 is 1.95 bits per heavy atom. The van der Waals surface area contributed by atoms with Gasteiger partial charge in [-0.05, 0) is 31.0 Å². The van der Waals surface area contributed by atoms with Crippen molar-refractivity contribution in [2.45, 2.75) is 12.8 Å². The van der Waals surface area contributed by atoms with Crippen molar-refractivity contribution in [1.82, 2.24) is 9.97 Å². The molecule has 114 valence electrons. The molecule has 1 N–H and O–H groups in total. The molecular formula is C16H17N3O3. The lowest BCUT2D eigenvalue weighted by atomic mass is 10.1. The molecule has 3 rings (SSSR count). The molecule has 0 unspecified atom stereocenters. The highest BCUT2D eigenvalue weighted by atomic mass is 16.5. The molecule has 22 heavy (non-hydrogen) atoms. The second kappa shape index (κ2) is 6.01. The number of carboxylic acid groups (broad SMARTS) is 1. The molecule has 0 radical (unpaired) electrons. The van der Waals surface area contributed by atoms with Gasteiger partial charge in [0.25, 0.3) is 0 Å². The van der Waals surface area contributed by atoms with Crippen LogP contribution in [0.25, 0.3) is 11.3 Å². The minimum atomic E-state index is -1.06. The number of carboxylic acids is 1. The molecule has 0 aliphatic carbocycles. The predicted octanol–water partition coefficient (Wildman–Crippen LogP) is 2.45. The molecular weight excluding hydrogens is 282 g/mol. The van der Waals surface area contributed by atoms with E-state index in [-0.39, 0.29) is 5.69 Å². The van der Waals surface area contributed by atoms with Gasteiger partial charge in [0.2, 0.25) is 5.95 Å². The van der Waals surface area contributed by atoms with E-state index in [1.807, 2.05) is 29.2 Å². The van der Waals surface area contributed by atoms with E-state index >= 15 is 0 Å². The minimum Gasteiger partial charge on any atom is -0.496 e. The molecule has 0 bridgehead atoms. The van der Waals surface area contributed by atoms with Gasteiger partial charge in [-0.2, -0.15) is 0 Å². The first-order chi connectivity index (χ1) is 10.7. The first kappa shape index (κ1) is 14.3. The number of ether oxygens (including phenoxy) is 1. The topological polar surface area (TPSA) is 75.6 Å². The predicted molar refractivity (Wildman–Crippen MR) is 82.4 cm³/mol. The maximum absolute atomic E-state index is 11.4. The SMILES string of the molecule is COc1ccccc1-c1cc(C(=O)O)nc(N2CCCC2)n1. The Kier molecular flexibility index (Phi) is 3.91. The number of aromatic carboxylic acids is 1. The van der Waals surface area contributed by atoms with Gasteiger partial charge in [0.05, 0.1) is 12.8 Å². The Hall–Kier alpha value is -2.63. The molecule has 1 aliphatic rings. The van der Waals surface area contributed by atoms with Crippen LogP contribution in [-0.4, -0.2) is 41.2 Å². The van der Waals surface area contributed by atoms with Crippen LogP contribution in [0.5, 0.6) is 5.75 Å². The summed E-state index contributed by atoms with van der Waals surface area (Å²) in [6.07, 6.45) is 2.15. The molecule has 1 aromatic heterocycles. The zero-order valence-electron chi connectivity index (χ0n) is 12.3. The summed E-state index contributed by atoms with van der Waals surface area (Å²) < 4.78 is 5.34. The van der Waals surface area contributed by atoms with Gasteiger partial charge in [-0.15, -0.1) is 0 Å². The van der Waals surface area contributed by atoms with Crippen molar-refractivity contribution in [3.05, 3.63) is 36.0 Å². The molecule has 2 heterocycles. The molecule has 0 amide bonds. The third kappa shape index (κ3) is 2.72. The number of nitrogens with zero attached hydrogens (tertiary/aromatic N) is 3. The summed E-state index contributed by atoms with van der Waals surface area (Å²) in [5, 5.41) is 9.31. The molecule has 6 heteroatoms. The largest absolute Gasteiger partial charge is 0.496 e. The molecule has 2 aromatic rings. The molecule has 1 aliphatic heterocycles. The van der Waals surface area contributed by atoms with E-state index in [1.165, 1.54) is 6.07 Å². The van der Waals surface area contributed by atoms with E-state index < -0.39 is 5.97 Å². The smallest absolute Gasteiger partial charge is 0.354 e. The van der Waals surface area contributed by atoms with Crippen molar-refractivity contribution >= 4 is 11.9 Å². The van der Waals surface area contributed by atoms with Gasteiger partial charge >= 0.3 is 5.97 Å². The number of hydrogen-bond acceptors (Lipinski definition) is 5. The molecule has 1 aromatic carbocycles. The highest BCUT2D eigenvalue weighted by Gasteiger charge is 2.20. The average Bonchev–Trinajstić information content (AvgIpc) is 3.09. The van der Waals surface area contributed by atoms with E-state index in [4.69, 9.17) is 4.74 Å². The molecule has 6 nitrogen and oxygen atoms in total. The van der Waals surface area contributed by atoms with Crippen LogP contribution in [0.1, 0.15) is 23.3 Å². The van der Waals surface area contributed by atoms with Crippen molar-refractivity contribution in [3.63, 3.8) is 0 Å². The van der Waals surface area contributed by atoms with Crippen LogP contribution in [-0.2, 0) is 0 Å². The number of anilines is 1. The number of para-hydroxylation sites is 1. The minimum absolute atomic E-state index is 0.00203. The summed E-state index contributed by atoms with van der Waals surface area (Å²) in [6, 6.07) is 8.91. The standard InChI is InChI=1S/C16H17N3O3/c1-22-14-7-3-2-6-11(14)12-10-13(15(20)21)18-16(17-12)19-8-4-5-9-19/h2-3,6-7,10H,4-5,8-9H2,1H3,(H,20,21). The van der Waals surface area contributed by atoms with Crippen LogP contribution in [0.2, 0.25) is 0 Å². The van der Waals surface area contributed by atoms with Gasteiger partial charge in [-0.3, -0.25) is 0 Å². The second-order valence-corrected chi connectivity index (χ2v) is 5.14. The van der Waals surface area contributed by atoms with Crippen LogP contribution in [0.4, 0.5) is 5.95 Å². The number of aromatic nitrogens is 2. The lowest BCUT2D eigenvalue weighted by molar-refractivity contribution is 0.0690. The quantitative estimate of drug-likeness (QED) is 0.934. The third-order valence-corrected chi connectivity index (χ3v) is 3.71. The van der Waals surface area contributed by atoms with E-state index in [1.54, 1.807) is 7.11 Å². The molecule has 1 saturated heterocycles. The van der Waals surface area contributed by atoms with Crippen LogP contribution in [0.3, 0.4) is 0 Å². The maximum Gasteiger partial charge on any atom is 0.354 e. The van der Waals surface area contributed by atoms with Crippen molar-refractivity contribution in [1.29, 1.82) is 0 Å². The van der Waals surface area contributed by atoms with Crippen LogP contribution < -0.4 is 9.64 Å². The summed E-state index contributed by atoms with van der Waals surface area (Å²) in [7, 11) is 1.58. The lowest BCUT2D eigenvalue weighted by Crippen LogP contribution is -2.22. The lowest BCUT2D eigenvalue weighted by Gasteiger charge is -2.17. The van der Waals surface area contributed by atoms with Crippen molar-refractivity contribution in [3.8, 4) is 17.0 Å². The molecule has 0 spiro atoms. The summed E-state index contributed by atoms with van der Waals surface area (Å²) in [4.78, 5) is 22.1. The van der Waals surface area contributed by atoms with Crippen LogP contribution in [0.15, 0.2) is 30.3 Å². The van der Waals surface area contributed by atoms with Crippen molar-refractivity contribution < 1.29 is 14.6 Å². The van der Waals surface area contributed by atoms with Crippen LogP contribution in [0, 0.1) is 0 Å². The Morgan fingerprint density at radius 3 is 2.64 bits per heavy atom. The van der Waals surface area contributed by atoms with Gasteiger partial charge in [0.15, 0.2) is 5.69 Å². The Labute approximate surface area is 128 Å². The normalized spacial score (nSPS) is 14.1. The Bertz CT molecular complexity index is 697. The van der Waals surface area contributed by atoms with Gasteiger partial charge in [0, 0.05) is 18.7 Å². The highest BCUT2D eigenvalue weighted by molar-refractivity contribution is 5.87. The summed E-state index contributed by atoms with van der Waals surface area (Å²) >= 11 is 0. The summed E-state index contributed by atoms with van der Waals surface area (Å²) in [5.74, 6) is 0.0715.